The zero-order valence-corrected chi connectivity index (χ0v) is 15.2. The van der Waals surface area contributed by atoms with Crippen LogP contribution in [0.15, 0.2) is 30.6 Å². The van der Waals surface area contributed by atoms with Gasteiger partial charge in [0.2, 0.25) is 0 Å². The fourth-order valence-corrected chi connectivity index (χ4v) is 3.24. The summed E-state index contributed by atoms with van der Waals surface area (Å²) >= 11 is 18.1. The van der Waals surface area contributed by atoms with Gasteiger partial charge < -0.3 is 4.74 Å². The first-order valence-corrected chi connectivity index (χ1v) is 8.29. The topological polar surface area (TPSA) is 69.2 Å². The molecule has 0 N–H and O–H groups in total. The third kappa shape index (κ3) is 4.64. The van der Waals surface area contributed by atoms with Gasteiger partial charge in [0.1, 0.15) is 15.2 Å². The highest BCUT2D eigenvalue weighted by molar-refractivity contribution is 7.20. The van der Waals surface area contributed by atoms with Crippen LogP contribution in [-0.4, -0.2) is 29.3 Å². The lowest BCUT2D eigenvalue weighted by molar-refractivity contribution is 0.0606. The number of thiophene rings is 1. The molecule has 124 valence electrons. The number of pyridine rings is 2. The van der Waals surface area contributed by atoms with Crippen molar-refractivity contribution >= 4 is 68.5 Å². The maximum atomic E-state index is 11.2. The lowest BCUT2D eigenvalue weighted by atomic mass is 10.3. The van der Waals surface area contributed by atoms with Crippen LogP contribution in [0.4, 0.5) is 0 Å². The Morgan fingerprint density at radius 3 is 2.42 bits per heavy atom. The first-order chi connectivity index (χ1) is 11.4. The summed E-state index contributed by atoms with van der Waals surface area (Å²) in [7, 11) is 1.36. The van der Waals surface area contributed by atoms with Crippen LogP contribution >= 0.6 is 46.1 Å². The summed E-state index contributed by atoms with van der Waals surface area (Å²) in [5.74, 6) is -0.331. The molecular weight excluding hydrogens is 395 g/mol. The molecule has 5 nitrogen and oxygen atoms in total. The van der Waals surface area contributed by atoms with E-state index in [1.807, 2.05) is 0 Å². The van der Waals surface area contributed by atoms with Crippen LogP contribution < -0.4 is 0 Å². The lowest BCUT2D eigenvalue weighted by Gasteiger charge is -1.93. The second-order valence-corrected chi connectivity index (χ2v) is 6.56. The first kappa shape index (κ1) is 18.6. The predicted octanol–water partition coefficient (Wildman–Crippen LogP) is 4.94. The predicted molar refractivity (Wildman–Crippen MR) is 95.6 cm³/mol. The second-order valence-electron chi connectivity index (χ2n) is 4.29. The van der Waals surface area contributed by atoms with E-state index < -0.39 is 0 Å². The number of aromatic nitrogens is 2. The monoisotopic (exact) mass is 402 g/mol. The molecule has 0 radical (unpaired) electrons. The largest absolute Gasteiger partial charge is 0.465 e. The third-order valence-electron chi connectivity index (χ3n) is 2.73. The van der Waals surface area contributed by atoms with Crippen LogP contribution in [0.5, 0.6) is 0 Å². The van der Waals surface area contributed by atoms with Crippen LogP contribution in [0.3, 0.4) is 0 Å². The summed E-state index contributed by atoms with van der Waals surface area (Å²) in [5, 5.41) is 1.95. The number of aldehydes is 1. The van der Waals surface area contributed by atoms with Gasteiger partial charge in [-0.25, -0.2) is 14.8 Å². The number of halogens is 3. The highest BCUT2D eigenvalue weighted by Crippen LogP contribution is 2.27. The van der Waals surface area contributed by atoms with Crippen LogP contribution in [0.2, 0.25) is 15.3 Å². The molecule has 3 aromatic rings. The number of hydrogen-bond acceptors (Lipinski definition) is 6. The summed E-state index contributed by atoms with van der Waals surface area (Å²) < 4.78 is 5.55. The standard InChI is InChI=1S/C9H6ClNO2S.C6H3Cl2NO/c1-13-9(12)7-2-5-4-11-8(10)3-6(5)14-7;7-5-1-6(8)9-2-4(5)3-10/h2-4H,1H3;1-3H. The van der Waals surface area contributed by atoms with Crippen molar-refractivity contribution in [3.05, 3.63) is 56.4 Å². The Labute approximate surface area is 156 Å². The molecule has 0 saturated carbocycles. The van der Waals surface area contributed by atoms with E-state index >= 15 is 0 Å². The lowest BCUT2D eigenvalue weighted by Crippen LogP contribution is -1.96. The van der Waals surface area contributed by atoms with Gasteiger partial charge in [-0.05, 0) is 18.2 Å². The van der Waals surface area contributed by atoms with E-state index in [9.17, 15) is 9.59 Å². The number of carbonyl (C=O) groups is 2. The van der Waals surface area contributed by atoms with Gasteiger partial charge in [0.05, 0.1) is 17.7 Å². The Hall–Kier alpha value is -1.73. The van der Waals surface area contributed by atoms with Gasteiger partial charge in [-0.1, -0.05) is 34.8 Å². The molecule has 24 heavy (non-hydrogen) atoms. The van der Waals surface area contributed by atoms with Crippen molar-refractivity contribution < 1.29 is 14.3 Å². The first-order valence-electron chi connectivity index (χ1n) is 6.34. The average molecular weight is 404 g/mol. The summed E-state index contributed by atoms with van der Waals surface area (Å²) in [6.07, 6.45) is 3.60. The highest BCUT2D eigenvalue weighted by atomic mass is 35.5. The van der Waals surface area contributed by atoms with Gasteiger partial charge in [-0.3, -0.25) is 4.79 Å². The van der Waals surface area contributed by atoms with Crippen molar-refractivity contribution in [3.63, 3.8) is 0 Å². The van der Waals surface area contributed by atoms with Gasteiger partial charge in [0.15, 0.2) is 6.29 Å². The summed E-state index contributed by atoms with van der Waals surface area (Å²) in [4.78, 5) is 29.5. The van der Waals surface area contributed by atoms with Gasteiger partial charge in [0, 0.05) is 22.5 Å². The van der Waals surface area contributed by atoms with Crippen molar-refractivity contribution in [3.8, 4) is 0 Å². The van der Waals surface area contributed by atoms with Crippen molar-refractivity contribution in [1.82, 2.24) is 9.97 Å². The smallest absolute Gasteiger partial charge is 0.348 e. The third-order valence-corrected chi connectivity index (χ3v) is 4.55. The van der Waals surface area contributed by atoms with Crippen molar-refractivity contribution in [2.24, 2.45) is 0 Å². The van der Waals surface area contributed by atoms with E-state index in [0.717, 1.165) is 10.1 Å². The molecule has 3 aromatic heterocycles. The molecule has 0 aliphatic heterocycles. The Kier molecular flexibility index (Phi) is 6.51. The molecule has 3 heterocycles. The molecule has 0 saturated heterocycles. The van der Waals surface area contributed by atoms with Crippen LogP contribution in [-0.2, 0) is 4.74 Å². The molecule has 0 fully saturated rings. The molecule has 0 aromatic carbocycles. The SMILES string of the molecule is COC(=O)c1cc2cnc(Cl)cc2s1.O=Cc1cnc(Cl)cc1Cl. The molecule has 0 bridgehead atoms. The minimum absolute atomic E-state index is 0.288. The highest BCUT2D eigenvalue weighted by Gasteiger charge is 2.10. The van der Waals surface area contributed by atoms with Gasteiger partial charge >= 0.3 is 5.97 Å². The van der Waals surface area contributed by atoms with Gasteiger partial charge in [-0.15, -0.1) is 11.3 Å². The molecule has 0 spiro atoms. The fraction of sp³-hybridized carbons (Fsp3) is 0.0667. The number of nitrogens with zero attached hydrogens (tertiary/aromatic N) is 2. The zero-order chi connectivity index (χ0) is 17.7. The molecule has 0 unspecified atom stereocenters. The van der Waals surface area contributed by atoms with E-state index in [1.165, 1.54) is 30.7 Å². The van der Waals surface area contributed by atoms with Crippen molar-refractivity contribution in [2.75, 3.05) is 7.11 Å². The Bertz CT molecular complexity index is 899. The normalized spacial score (nSPS) is 10.0. The minimum atomic E-state index is -0.331. The Morgan fingerprint density at radius 2 is 1.79 bits per heavy atom. The fourth-order valence-electron chi connectivity index (χ4n) is 1.62. The summed E-state index contributed by atoms with van der Waals surface area (Å²) in [6, 6.07) is 4.90. The quantitative estimate of drug-likeness (QED) is 0.344. The molecule has 0 aliphatic carbocycles. The van der Waals surface area contributed by atoms with Crippen molar-refractivity contribution in [1.29, 1.82) is 0 Å². The number of methoxy groups -OCH3 is 1. The average Bonchev–Trinajstić information content (AvgIpc) is 2.98. The number of ether oxygens (including phenoxy) is 1. The van der Waals surface area contributed by atoms with Crippen LogP contribution in [0, 0.1) is 0 Å². The van der Waals surface area contributed by atoms with Crippen LogP contribution in [0.1, 0.15) is 20.0 Å². The molecule has 9 heteroatoms. The maximum Gasteiger partial charge on any atom is 0.348 e. The van der Waals surface area contributed by atoms with Crippen LogP contribution in [0.25, 0.3) is 10.1 Å². The Morgan fingerprint density at radius 1 is 1.12 bits per heavy atom. The van der Waals surface area contributed by atoms with E-state index in [4.69, 9.17) is 34.8 Å². The maximum absolute atomic E-state index is 11.2. The molecule has 0 atom stereocenters. The minimum Gasteiger partial charge on any atom is -0.465 e. The van der Waals surface area contributed by atoms with E-state index in [2.05, 4.69) is 14.7 Å². The van der Waals surface area contributed by atoms with E-state index in [1.54, 1.807) is 18.3 Å². The molecule has 0 amide bonds. The molecule has 3 rings (SSSR count). The Balaban J connectivity index is 0.000000185. The number of hydrogen-bond donors (Lipinski definition) is 0. The van der Waals surface area contributed by atoms with Crippen molar-refractivity contribution in [2.45, 2.75) is 0 Å². The number of fused-ring (bicyclic) bond motifs is 1. The zero-order valence-electron chi connectivity index (χ0n) is 12.1. The summed E-state index contributed by atoms with van der Waals surface area (Å²) in [6.45, 7) is 0. The van der Waals surface area contributed by atoms with Gasteiger partial charge in [0.25, 0.3) is 0 Å². The van der Waals surface area contributed by atoms with Gasteiger partial charge in [-0.2, -0.15) is 0 Å². The number of esters is 1. The molecule has 0 aliphatic rings. The number of carbonyl (C=O) groups excluding carboxylic acids is 2. The number of rotatable bonds is 2. The second kappa shape index (κ2) is 8.39. The van der Waals surface area contributed by atoms with E-state index in [0.29, 0.717) is 26.9 Å². The molecular formula is C15H9Cl3N2O3S. The van der Waals surface area contributed by atoms with E-state index in [-0.39, 0.29) is 11.1 Å². The summed E-state index contributed by atoms with van der Waals surface area (Å²) in [5.41, 5.74) is 0.353.